The lowest BCUT2D eigenvalue weighted by atomic mass is 10.1. The van der Waals surface area contributed by atoms with Gasteiger partial charge in [0.05, 0.1) is 0 Å². The number of aromatic nitrogens is 3. The first-order valence-corrected chi connectivity index (χ1v) is 10.6. The second kappa shape index (κ2) is 10.8. The van der Waals surface area contributed by atoms with Crippen LogP contribution in [0, 0.1) is 0 Å². The van der Waals surface area contributed by atoms with Crippen LogP contribution in [0.3, 0.4) is 0 Å². The molecular formula is C25H23N5O3. The summed E-state index contributed by atoms with van der Waals surface area (Å²) in [6.07, 6.45) is 4.62. The summed E-state index contributed by atoms with van der Waals surface area (Å²) in [5.74, 6) is 0.712. The van der Waals surface area contributed by atoms with Crippen molar-refractivity contribution >= 4 is 17.5 Å². The lowest BCUT2D eigenvalue weighted by Gasteiger charge is -2.09. The topological polar surface area (TPSA) is 110 Å². The summed E-state index contributed by atoms with van der Waals surface area (Å²) in [4.78, 5) is 28.4. The maximum atomic E-state index is 12.3. The minimum atomic E-state index is -0.213. The van der Waals surface area contributed by atoms with Crippen LogP contribution in [0.2, 0.25) is 0 Å². The van der Waals surface area contributed by atoms with E-state index in [0.717, 1.165) is 11.1 Å². The van der Waals surface area contributed by atoms with Crippen molar-refractivity contribution in [1.29, 1.82) is 0 Å². The summed E-state index contributed by atoms with van der Waals surface area (Å²) in [6.45, 7) is 0.372. The molecule has 0 aliphatic heterocycles. The van der Waals surface area contributed by atoms with Gasteiger partial charge in [0.2, 0.25) is 17.7 Å². The molecule has 0 unspecified atom stereocenters. The van der Waals surface area contributed by atoms with E-state index in [9.17, 15) is 9.59 Å². The number of rotatable bonds is 9. The molecule has 0 atom stereocenters. The van der Waals surface area contributed by atoms with Gasteiger partial charge in [-0.25, -0.2) is 0 Å². The van der Waals surface area contributed by atoms with E-state index in [0.29, 0.717) is 48.8 Å². The van der Waals surface area contributed by atoms with Gasteiger partial charge >= 0.3 is 0 Å². The van der Waals surface area contributed by atoms with Gasteiger partial charge in [-0.15, -0.1) is 10.2 Å². The Balaban J connectivity index is 1.21. The molecule has 0 radical (unpaired) electrons. The van der Waals surface area contributed by atoms with Crippen LogP contribution in [0.4, 0.5) is 5.69 Å². The third kappa shape index (κ3) is 6.33. The number of anilines is 1. The Morgan fingerprint density at radius 1 is 0.909 bits per heavy atom. The summed E-state index contributed by atoms with van der Waals surface area (Å²) in [7, 11) is 0. The van der Waals surface area contributed by atoms with Crippen molar-refractivity contribution in [2.24, 2.45) is 0 Å². The molecule has 33 heavy (non-hydrogen) atoms. The van der Waals surface area contributed by atoms with Crippen molar-refractivity contribution in [3.63, 3.8) is 0 Å². The number of pyridine rings is 1. The SMILES string of the molecule is O=C(CCCc1nnc(-c2ccccc2)o1)NCc1cccc(NC(=O)c2ccncc2)c1. The van der Waals surface area contributed by atoms with Crippen LogP contribution in [-0.2, 0) is 17.8 Å². The molecule has 2 amide bonds. The Kier molecular flexibility index (Phi) is 7.17. The Morgan fingerprint density at radius 3 is 2.55 bits per heavy atom. The monoisotopic (exact) mass is 441 g/mol. The molecule has 2 aromatic heterocycles. The van der Waals surface area contributed by atoms with Crippen LogP contribution >= 0.6 is 0 Å². The van der Waals surface area contributed by atoms with E-state index in [4.69, 9.17) is 4.42 Å². The van der Waals surface area contributed by atoms with E-state index in [1.165, 1.54) is 0 Å². The standard InChI is InChI=1S/C25H23N5O3/c31-22(10-5-11-23-29-30-25(33-23)20-7-2-1-3-8-20)27-17-18-6-4-9-21(16-18)28-24(32)19-12-14-26-15-13-19/h1-4,6-9,12-16H,5,10-11,17H2,(H,27,31)(H,28,32). The molecule has 166 valence electrons. The Hall–Kier alpha value is -4.33. The van der Waals surface area contributed by atoms with Gasteiger partial charge in [-0.2, -0.15) is 0 Å². The zero-order valence-electron chi connectivity index (χ0n) is 17.9. The molecule has 2 aromatic carbocycles. The summed E-state index contributed by atoms with van der Waals surface area (Å²) in [5, 5.41) is 13.9. The van der Waals surface area contributed by atoms with Crippen LogP contribution in [0.5, 0.6) is 0 Å². The molecule has 0 saturated carbocycles. The van der Waals surface area contributed by atoms with E-state index < -0.39 is 0 Å². The highest BCUT2D eigenvalue weighted by atomic mass is 16.4. The number of carbonyl (C=O) groups excluding carboxylic acids is 2. The van der Waals surface area contributed by atoms with Gasteiger partial charge in [0, 0.05) is 48.6 Å². The van der Waals surface area contributed by atoms with Crippen LogP contribution in [-0.4, -0.2) is 27.0 Å². The third-order valence-corrected chi connectivity index (χ3v) is 4.90. The number of aryl methyl sites for hydroxylation is 1. The van der Waals surface area contributed by atoms with Gasteiger partial charge < -0.3 is 15.1 Å². The normalized spacial score (nSPS) is 10.5. The molecule has 0 saturated heterocycles. The fourth-order valence-corrected chi connectivity index (χ4v) is 3.21. The second-order valence-electron chi connectivity index (χ2n) is 7.39. The molecule has 0 spiro atoms. The first-order chi connectivity index (χ1) is 16.2. The second-order valence-corrected chi connectivity index (χ2v) is 7.39. The Labute approximate surface area is 191 Å². The first kappa shape index (κ1) is 21.9. The summed E-state index contributed by atoms with van der Waals surface area (Å²) in [6, 6.07) is 20.2. The van der Waals surface area contributed by atoms with Crippen LogP contribution in [0.1, 0.15) is 34.7 Å². The molecule has 8 nitrogen and oxygen atoms in total. The van der Waals surface area contributed by atoms with Crippen molar-refractivity contribution in [1.82, 2.24) is 20.5 Å². The summed E-state index contributed by atoms with van der Waals surface area (Å²) >= 11 is 0. The van der Waals surface area contributed by atoms with Crippen molar-refractivity contribution in [3.05, 3.63) is 96.1 Å². The molecular weight excluding hydrogens is 418 g/mol. The van der Waals surface area contributed by atoms with E-state index >= 15 is 0 Å². The minimum absolute atomic E-state index is 0.0657. The van der Waals surface area contributed by atoms with E-state index in [1.807, 2.05) is 48.5 Å². The molecule has 4 aromatic rings. The van der Waals surface area contributed by atoms with Gasteiger partial charge in [-0.1, -0.05) is 30.3 Å². The molecule has 4 rings (SSSR count). The van der Waals surface area contributed by atoms with Crippen LogP contribution in [0.15, 0.2) is 83.5 Å². The van der Waals surface area contributed by atoms with Crippen molar-refractivity contribution < 1.29 is 14.0 Å². The highest BCUT2D eigenvalue weighted by Crippen LogP contribution is 2.18. The molecule has 0 bridgehead atoms. The maximum Gasteiger partial charge on any atom is 0.255 e. The first-order valence-electron chi connectivity index (χ1n) is 10.6. The number of amides is 2. The average Bonchev–Trinajstić information content (AvgIpc) is 3.33. The summed E-state index contributed by atoms with van der Waals surface area (Å²) < 4.78 is 5.67. The third-order valence-electron chi connectivity index (χ3n) is 4.90. The van der Waals surface area contributed by atoms with Crippen LogP contribution in [0.25, 0.3) is 11.5 Å². The zero-order chi connectivity index (χ0) is 22.9. The number of nitrogens with zero attached hydrogens (tertiary/aromatic N) is 3. The number of hydrogen-bond donors (Lipinski definition) is 2. The van der Waals surface area contributed by atoms with Gasteiger partial charge in [0.1, 0.15) is 0 Å². The predicted molar refractivity (Wildman–Crippen MR) is 123 cm³/mol. The number of nitrogens with one attached hydrogen (secondary N) is 2. The highest BCUT2D eigenvalue weighted by Gasteiger charge is 2.10. The largest absolute Gasteiger partial charge is 0.421 e. The molecule has 0 aliphatic rings. The molecule has 8 heteroatoms. The minimum Gasteiger partial charge on any atom is -0.421 e. The van der Waals surface area contributed by atoms with Crippen molar-refractivity contribution in [2.45, 2.75) is 25.8 Å². The summed E-state index contributed by atoms with van der Waals surface area (Å²) in [5.41, 5.74) is 2.95. The lowest BCUT2D eigenvalue weighted by Crippen LogP contribution is -2.22. The number of benzene rings is 2. The molecule has 0 aliphatic carbocycles. The van der Waals surface area contributed by atoms with Gasteiger partial charge in [-0.3, -0.25) is 14.6 Å². The maximum absolute atomic E-state index is 12.3. The molecule has 2 heterocycles. The van der Waals surface area contributed by atoms with Crippen LogP contribution < -0.4 is 10.6 Å². The Bertz CT molecular complexity index is 1210. The van der Waals surface area contributed by atoms with Gasteiger partial charge in [0.25, 0.3) is 5.91 Å². The molecule has 0 fully saturated rings. The van der Waals surface area contributed by atoms with E-state index in [-0.39, 0.29) is 11.8 Å². The highest BCUT2D eigenvalue weighted by molar-refractivity contribution is 6.04. The average molecular weight is 441 g/mol. The zero-order valence-corrected chi connectivity index (χ0v) is 17.9. The van der Waals surface area contributed by atoms with Gasteiger partial charge in [0.15, 0.2) is 0 Å². The quantitative estimate of drug-likeness (QED) is 0.406. The van der Waals surface area contributed by atoms with Crippen molar-refractivity contribution in [2.75, 3.05) is 5.32 Å². The van der Waals surface area contributed by atoms with E-state index in [1.54, 1.807) is 30.6 Å². The predicted octanol–water partition coefficient (Wildman–Crippen LogP) is 4.02. The van der Waals surface area contributed by atoms with Crippen molar-refractivity contribution in [3.8, 4) is 11.5 Å². The van der Waals surface area contributed by atoms with Gasteiger partial charge in [-0.05, 0) is 48.4 Å². The number of carbonyl (C=O) groups is 2. The smallest absolute Gasteiger partial charge is 0.255 e. The number of hydrogen-bond acceptors (Lipinski definition) is 6. The Morgan fingerprint density at radius 2 is 1.73 bits per heavy atom. The lowest BCUT2D eigenvalue weighted by molar-refractivity contribution is -0.121. The fraction of sp³-hybridized carbons (Fsp3) is 0.160. The molecule has 2 N–H and O–H groups in total. The fourth-order valence-electron chi connectivity index (χ4n) is 3.21. The van der Waals surface area contributed by atoms with E-state index in [2.05, 4.69) is 25.8 Å².